The Hall–Kier alpha value is -2.60. The molecule has 0 fully saturated rings. The van der Waals surface area contributed by atoms with Gasteiger partial charge < -0.3 is 19.9 Å². The normalized spacial score (nSPS) is 11.4. The maximum absolute atomic E-state index is 11.8. The van der Waals surface area contributed by atoms with Crippen molar-refractivity contribution in [3.05, 3.63) is 70.1 Å². The molecule has 0 saturated heterocycles. The van der Waals surface area contributed by atoms with Gasteiger partial charge in [0.15, 0.2) is 5.96 Å². The first kappa shape index (κ1) is 18.7. The summed E-state index contributed by atoms with van der Waals surface area (Å²) in [5.41, 5.74) is 2.26. The van der Waals surface area contributed by atoms with Crippen LogP contribution in [0.2, 0.25) is 0 Å². The molecule has 1 heterocycles. The van der Waals surface area contributed by atoms with Gasteiger partial charge in [-0.25, -0.2) is 0 Å². The van der Waals surface area contributed by atoms with Crippen LogP contribution in [0.25, 0.3) is 0 Å². The summed E-state index contributed by atoms with van der Waals surface area (Å²) in [6.45, 7) is 2.82. The van der Waals surface area contributed by atoms with E-state index in [0.717, 1.165) is 36.7 Å². The van der Waals surface area contributed by atoms with E-state index in [9.17, 15) is 4.79 Å². The monoisotopic (exact) mass is 342 g/mol. The van der Waals surface area contributed by atoms with Crippen molar-refractivity contribution in [1.29, 1.82) is 0 Å². The van der Waals surface area contributed by atoms with Crippen molar-refractivity contribution < 1.29 is 4.74 Å². The lowest BCUT2D eigenvalue weighted by atomic mass is 10.1. The summed E-state index contributed by atoms with van der Waals surface area (Å²) >= 11 is 0. The fourth-order valence-electron chi connectivity index (χ4n) is 2.38. The Labute approximate surface area is 148 Å². The second kappa shape index (κ2) is 10.3. The molecule has 0 aliphatic rings. The summed E-state index contributed by atoms with van der Waals surface area (Å²) in [7, 11) is 3.46. The molecule has 0 aliphatic carbocycles. The molecule has 0 bridgehead atoms. The lowest BCUT2D eigenvalue weighted by Crippen LogP contribution is -2.37. The number of guanidine groups is 1. The number of aromatic nitrogens is 1. The van der Waals surface area contributed by atoms with Crippen LogP contribution in [0.3, 0.4) is 0 Å². The minimum Gasteiger partial charge on any atom is -0.385 e. The predicted molar refractivity (Wildman–Crippen MR) is 101 cm³/mol. The highest BCUT2D eigenvalue weighted by Gasteiger charge is 2.00. The number of benzene rings is 1. The molecule has 0 amide bonds. The van der Waals surface area contributed by atoms with E-state index in [2.05, 4.69) is 27.8 Å². The standard InChI is InChI=1S/C19H26N4O2/c1-20-19(21-11-5-13-25-2)22-14-16-7-9-17(10-8-16)15-23-12-4-3-6-18(23)24/h3-4,6-10,12H,5,11,13-15H2,1-2H3,(H2,20,21,22). The van der Waals surface area contributed by atoms with Crippen molar-refractivity contribution in [3.8, 4) is 0 Å². The quantitative estimate of drug-likeness (QED) is 0.434. The van der Waals surface area contributed by atoms with Crippen LogP contribution in [0, 0.1) is 0 Å². The minimum atomic E-state index is 0.0107. The molecule has 134 valence electrons. The van der Waals surface area contributed by atoms with Crippen molar-refractivity contribution in [2.45, 2.75) is 19.5 Å². The smallest absolute Gasteiger partial charge is 0.250 e. The number of rotatable bonds is 8. The van der Waals surface area contributed by atoms with Crippen molar-refractivity contribution in [3.63, 3.8) is 0 Å². The van der Waals surface area contributed by atoms with Crippen LogP contribution in [0.15, 0.2) is 58.4 Å². The lowest BCUT2D eigenvalue weighted by molar-refractivity contribution is 0.195. The second-order valence-corrected chi connectivity index (χ2v) is 5.68. The van der Waals surface area contributed by atoms with Gasteiger partial charge in [0, 0.05) is 46.1 Å². The zero-order chi connectivity index (χ0) is 17.9. The third kappa shape index (κ3) is 6.43. The number of aliphatic imine (C=N–C) groups is 1. The fraction of sp³-hybridized carbons (Fsp3) is 0.368. The molecule has 0 saturated carbocycles. The van der Waals surface area contributed by atoms with Gasteiger partial charge in [0.2, 0.25) is 0 Å². The highest BCUT2D eigenvalue weighted by molar-refractivity contribution is 5.79. The highest BCUT2D eigenvalue weighted by Crippen LogP contribution is 2.05. The number of hydrogen-bond donors (Lipinski definition) is 2. The first-order valence-electron chi connectivity index (χ1n) is 8.39. The topological polar surface area (TPSA) is 67.7 Å². The summed E-state index contributed by atoms with van der Waals surface area (Å²) in [6.07, 6.45) is 2.74. The van der Waals surface area contributed by atoms with E-state index >= 15 is 0 Å². The number of hydrogen-bond acceptors (Lipinski definition) is 3. The van der Waals surface area contributed by atoms with Gasteiger partial charge in [0.1, 0.15) is 0 Å². The molecule has 2 aromatic rings. The van der Waals surface area contributed by atoms with Gasteiger partial charge in [-0.05, 0) is 23.6 Å². The van der Waals surface area contributed by atoms with Crippen LogP contribution < -0.4 is 16.2 Å². The predicted octanol–water partition coefficient (Wildman–Crippen LogP) is 1.60. The summed E-state index contributed by atoms with van der Waals surface area (Å²) in [5.74, 6) is 0.774. The Morgan fingerprint density at radius 2 is 1.88 bits per heavy atom. The molecular formula is C19H26N4O2. The summed E-state index contributed by atoms with van der Waals surface area (Å²) < 4.78 is 6.72. The van der Waals surface area contributed by atoms with Gasteiger partial charge in [0.05, 0.1) is 6.54 Å². The number of ether oxygens (including phenoxy) is 1. The van der Waals surface area contributed by atoms with Crippen LogP contribution in [-0.4, -0.2) is 37.8 Å². The van der Waals surface area contributed by atoms with Crippen LogP contribution in [-0.2, 0) is 17.8 Å². The number of methoxy groups -OCH3 is 1. The van der Waals surface area contributed by atoms with E-state index in [0.29, 0.717) is 13.1 Å². The third-order valence-electron chi connectivity index (χ3n) is 3.78. The van der Waals surface area contributed by atoms with Crippen LogP contribution in [0.5, 0.6) is 0 Å². The van der Waals surface area contributed by atoms with E-state index in [1.165, 1.54) is 0 Å². The molecular weight excluding hydrogens is 316 g/mol. The van der Waals surface area contributed by atoms with Crippen LogP contribution in [0.1, 0.15) is 17.5 Å². The van der Waals surface area contributed by atoms with Crippen LogP contribution in [0.4, 0.5) is 0 Å². The minimum absolute atomic E-state index is 0.0107. The molecule has 0 aliphatic heterocycles. The molecule has 0 unspecified atom stereocenters. The molecule has 25 heavy (non-hydrogen) atoms. The molecule has 0 radical (unpaired) electrons. The fourth-order valence-corrected chi connectivity index (χ4v) is 2.38. The molecule has 1 aromatic carbocycles. The van der Waals surface area contributed by atoms with Crippen LogP contribution >= 0.6 is 0 Å². The van der Waals surface area contributed by atoms with Crippen molar-refractivity contribution in [2.75, 3.05) is 27.3 Å². The van der Waals surface area contributed by atoms with Crippen molar-refractivity contribution >= 4 is 5.96 Å². The van der Waals surface area contributed by atoms with E-state index in [-0.39, 0.29) is 5.56 Å². The summed E-state index contributed by atoms with van der Waals surface area (Å²) in [5, 5.41) is 6.53. The van der Waals surface area contributed by atoms with E-state index < -0.39 is 0 Å². The molecule has 6 heteroatoms. The Balaban J connectivity index is 1.83. The highest BCUT2D eigenvalue weighted by atomic mass is 16.5. The SMILES string of the molecule is CN=C(NCCCOC)NCc1ccc(Cn2ccccc2=O)cc1. The summed E-state index contributed by atoms with van der Waals surface area (Å²) in [4.78, 5) is 16.0. The zero-order valence-electron chi connectivity index (χ0n) is 14.9. The Morgan fingerprint density at radius 3 is 2.56 bits per heavy atom. The van der Waals surface area contributed by atoms with Crippen molar-refractivity contribution in [2.24, 2.45) is 4.99 Å². The molecule has 2 N–H and O–H groups in total. The maximum atomic E-state index is 11.8. The maximum Gasteiger partial charge on any atom is 0.250 e. The number of nitrogens with one attached hydrogen (secondary N) is 2. The molecule has 6 nitrogen and oxygen atoms in total. The Bertz CT molecular complexity index is 723. The Kier molecular flexibility index (Phi) is 7.72. The number of pyridine rings is 1. The third-order valence-corrected chi connectivity index (χ3v) is 3.78. The average Bonchev–Trinajstić information content (AvgIpc) is 2.64. The van der Waals surface area contributed by atoms with E-state index in [1.54, 1.807) is 37.1 Å². The Morgan fingerprint density at radius 1 is 1.12 bits per heavy atom. The van der Waals surface area contributed by atoms with Gasteiger partial charge in [-0.2, -0.15) is 0 Å². The van der Waals surface area contributed by atoms with Crippen molar-refractivity contribution in [1.82, 2.24) is 15.2 Å². The number of nitrogens with zero attached hydrogens (tertiary/aromatic N) is 2. The molecule has 1 aromatic heterocycles. The largest absolute Gasteiger partial charge is 0.385 e. The van der Waals surface area contributed by atoms with Gasteiger partial charge in [-0.3, -0.25) is 9.79 Å². The second-order valence-electron chi connectivity index (χ2n) is 5.68. The zero-order valence-corrected chi connectivity index (χ0v) is 14.9. The van der Waals surface area contributed by atoms with E-state index in [1.807, 2.05) is 18.2 Å². The first-order chi connectivity index (χ1) is 12.2. The molecule has 0 spiro atoms. The van der Waals surface area contributed by atoms with Gasteiger partial charge >= 0.3 is 0 Å². The first-order valence-corrected chi connectivity index (χ1v) is 8.39. The van der Waals surface area contributed by atoms with E-state index in [4.69, 9.17) is 4.74 Å². The van der Waals surface area contributed by atoms with Gasteiger partial charge in [-0.15, -0.1) is 0 Å². The molecule has 0 atom stereocenters. The lowest BCUT2D eigenvalue weighted by Gasteiger charge is -2.12. The summed E-state index contributed by atoms with van der Waals surface area (Å²) in [6, 6.07) is 13.4. The molecule has 2 rings (SSSR count). The van der Waals surface area contributed by atoms with Gasteiger partial charge in [0.25, 0.3) is 5.56 Å². The average molecular weight is 342 g/mol. The van der Waals surface area contributed by atoms with Gasteiger partial charge in [-0.1, -0.05) is 30.3 Å².